The number of rotatable bonds is 9. The fraction of sp³-hybridized carbons (Fsp3) is 0.586. The number of anilines is 1. The Morgan fingerprint density at radius 3 is 2.47 bits per heavy atom. The van der Waals surface area contributed by atoms with E-state index in [1.54, 1.807) is 0 Å². The van der Waals surface area contributed by atoms with Gasteiger partial charge < -0.3 is 15.2 Å². The molecular formula is C29H41N5. The fourth-order valence-electron chi connectivity index (χ4n) is 5.89. The highest BCUT2D eigenvalue weighted by Crippen LogP contribution is 2.36. The van der Waals surface area contributed by atoms with Gasteiger partial charge >= 0.3 is 0 Å². The Morgan fingerprint density at radius 2 is 1.74 bits per heavy atom. The maximum Gasteiger partial charge on any atom is 0.224 e. The SMILES string of the molecule is CCCC(C)Nc1ncc2c(-c3ccc(CNC4CCCC4)cc3)cn(C3CCCCC3)c2n1. The lowest BCUT2D eigenvalue weighted by Gasteiger charge is -2.24. The monoisotopic (exact) mass is 459 g/mol. The van der Waals surface area contributed by atoms with Crippen molar-refractivity contribution in [2.24, 2.45) is 0 Å². The van der Waals surface area contributed by atoms with Crippen LogP contribution in [0.2, 0.25) is 0 Å². The predicted molar refractivity (Wildman–Crippen MR) is 142 cm³/mol. The first-order valence-electron chi connectivity index (χ1n) is 13.7. The molecule has 5 rings (SSSR count). The number of nitrogens with one attached hydrogen (secondary N) is 2. The highest BCUT2D eigenvalue weighted by Gasteiger charge is 2.21. The first kappa shape index (κ1) is 23.3. The Hall–Kier alpha value is -2.40. The zero-order valence-corrected chi connectivity index (χ0v) is 21.0. The van der Waals surface area contributed by atoms with Gasteiger partial charge in [0, 0.05) is 48.0 Å². The zero-order chi connectivity index (χ0) is 23.3. The molecule has 5 heteroatoms. The standard InChI is InChI=1S/C29H41N5/c1-3-9-21(2)32-29-31-19-26-27(20-34(28(26)33-29)25-12-5-4-6-13-25)23-16-14-22(15-17-23)18-30-24-10-7-8-11-24/h14-17,19-21,24-25,30H,3-13,18H2,1-2H3,(H,31,32,33). The van der Waals surface area contributed by atoms with Crippen LogP contribution in [-0.4, -0.2) is 26.6 Å². The predicted octanol–water partition coefficient (Wildman–Crippen LogP) is 7.24. The molecule has 0 radical (unpaired) electrons. The van der Waals surface area contributed by atoms with Crippen molar-refractivity contribution in [3.8, 4) is 11.1 Å². The summed E-state index contributed by atoms with van der Waals surface area (Å²) in [5.74, 6) is 0.753. The van der Waals surface area contributed by atoms with Gasteiger partial charge in [-0.2, -0.15) is 4.98 Å². The van der Waals surface area contributed by atoms with E-state index >= 15 is 0 Å². The number of hydrogen-bond donors (Lipinski definition) is 2. The van der Waals surface area contributed by atoms with E-state index in [-0.39, 0.29) is 0 Å². The van der Waals surface area contributed by atoms with Crippen molar-refractivity contribution < 1.29 is 0 Å². The summed E-state index contributed by atoms with van der Waals surface area (Å²) in [6.45, 7) is 5.40. The van der Waals surface area contributed by atoms with Gasteiger partial charge in [-0.3, -0.25) is 0 Å². The minimum Gasteiger partial charge on any atom is -0.352 e. The summed E-state index contributed by atoms with van der Waals surface area (Å²) >= 11 is 0. The van der Waals surface area contributed by atoms with E-state index in [0.717, 1.165) is 36.4 Å². The minimum absolute atomic E-state index is 0.380. The van der Waals surface area contributed by atoms with Crippen LogP contribution in [0.15, 0.2) is 36.7 Å². The van der Waals surface area contributed by atoms with E-state index in [9.17, 15) is 0 Å². The average Bonchev–Trinajstić information content (AvgIpc) is 3.52. The number of aromatic nitrogens is 3. The summed E-state index contributed by atoms with van der Waals surface area (Å²) in [6, 6.07) is 10.7. The molecule has 2 aliphatic carbocycles. The largest absolute Gasteiger partial charge is 0.352 e. The molecule has 2 aromatic heterocycles. The summed E-state index contributed by atoms with van der Waals surface area (Å²) in [4.78, 5) is 9.76. The van der Waals surface area contributed by atoms with Crippen molar-refractivity contribution >= 4 is 17.0 Å². The normalized spacial score (nSPS) is 18.5. The molecule has 1 aromatic carbocycles. The van der Waals surface area contributed by atoms with E-state index < -0.39 is 0 Å². The molecule has 34 heavy (non-hydrogen) atoms. The van der Waals surface area contributed by atoms with E-state index in [4.69, 9.17) is 9.97 Å². The Bertz CT molecular complexity index is 1060. The van der Waals surface area contributed by atoms with Crippen LogP contribution in [0.5, 0.6) is 0 Å². The molecule has 2 aliphatic rings. The van der Waals surface area contributed by atoms with Crippen LogP contribution < -0.4 is 10.6 Å². The number of hydrogen-bond acceptors (Lipinski definition) is 4. The lowest BCUT2D eigenvalue weighted by Crippen LogP contribution is -2.25. The van der Waals surface area contributed by atoms with Gasteiger partial charge in [0.15, 0.2) is 0 Å². The summed E-state index contributed by atoms with van der Waals surface area (Å²) in [6.07, 6.45) is 18.5. The van der Waals surface area contributed by atoms with Crippen LogP contribution in [0.25, 0.3) is 22.2 Å². The third kappa shape index (κ3) is 5.30. The van der Waals surface area contributed by atoms with Gasteiger partial charge in [-0.1, -0.05) is 69.7 Å². The molecule has 0 aliphatic heterocycles. The molecule has 5 nitrogen and oxygen atoms in total. The van der Waals surface area contributed by atoms with Gasteiger partial charge in [0.05, 0.1) is 0 Å². The molecule has 2 saturated carbocycles. The van der Waals surface area contributed by atoms with Crippen LogP contribution >= 0.6 is 0 Å². The minimum atomic E-state index is 0.380. The van der Waals surface area contributed by atoms with E-state index in [0.29, 0.717) is 18.1 Å². The lowest BCUT2D eigenvalue weighted by atomic mass is 9.95. The van der Waals surface area contributed by atoms with Crippen molar-refractivity contribution in [1.82, 2.24) is 19.9 Å². The molecular weight excluding hydrogens is 418 g/mol. The number of benzene rings is 1. The van der Waals surface area contributed by atoms with Crippen molar-refractivity contribution in [3.63, 3.8) is 0 Å². The fourth-order valence-corrected chi connectivity index (χ4v) is 5.89. The molecule has 2 N–H and O–H groups in total. The zero-order valence-electron chi connectivity index (χ0n) is 21.0. The summed E-state index contributed by atoms with van der Waals surface area (Å²) in [7, 11) is 0. The van der Waals surface area contributed by atoms with Gasteiger partial charge in [-0.25, -0.2) is 4.98 Å². The Balaban J connectivity index is 1.42. The number of fused-ring (bicyclic) bond motifs is 1. The molecule has 0 bridgehead atoms. The summed E-state index contributed by atoms with van der Waals surface area (Å²) < 4.78 is 2.46. The molecule has 1 atom stereocenters. The Labute approximate surface area is 204 Å². The first-order valence-corrected chi connectivity index (χ1v) is 13.7. The van der Waals surface area contributed by atoms with Gasteiger partial charge in [-0.05, 0) is 50.2 Å². The van der Waals surface area contributed by atoms with Crippen LogP contribution in [0.4, 0.5) is 5.95 Å². The molecule has 0 saturated heterocycles. The second-order valence-corrected chi connectivity index (χ2v) is 10.6. The second-order valence-electron chi connectivity index (χ2n) is 10.6. The maximum atomic E-state index is 5.04. The van der Waals surface area contributed by atoms with Crippen LogP contribution in [-0.2, 0) is 6.54 Å². The molecule has 2 heterocycles. The molecule has 182 valence electrons. The topological polar surface area (TPSA) is 54.8 Å². The molecule has 3 aromatic rings. The lowest BCUT2D eigenvalue weighted by molar-refractivity contribution is 0.360. The van der Waals surface area contributed by atoms with Crippen LogP contribution in [0.3, 0.4) is 0 Å². The smallest absolute Gasteiger partial charge is 0.224 e. The Kier molecular flexibility index (Phi) is 7.48. The van der Waals surface area contributed by atoms with Gasteiger partial charge in [0.1, 0.15) is 5.65 Å². The third-order valence-corrected chi connectivity index (χ3v) is 7.85. The van der Waals surface area contributed by atoms with Crippen molar-refractivity contribution in [3.05, 3.63) is 42.2 Å². The van der Waals surface area contributed by atoms with Crippen LogP contribution in [0.1, 0.15) is 96.1 Å². The highest BCUT2D eigenvalue weighted by atomic mass is 15.2. The summed E-state index contributed by atoms with van der Waals surface area (Å²) in [5.41, 5.74) is 4.95. The van der Waals surface area contributed by atoms with E-state index in [1.807, 2.05) is 6.20 Å². The van der Waals surface area contributed by atoms with Crippen molar-refractivity contribution in [1.29, 1.82) is 0 Å². The summed E-state index contributed by atoms with van der Waals surface area (Å²) in [5, 5.41) is 8.41. The first-order chi connectivity index (χ1) is 16.7. The average molecular weight is 460 g/mol. The second kappa shape index (κ2) is 10.9. The number of nitrogens with zero attached hydrogens (tertiary/aromatic N) is 3. The van der Waals surface area contributed by atoms with Crippen molar-refractivity contribution in [2.45, 2.75) is 109 Å². The highest BCUT2D eigenvalue weighted by molar-refractivity contribution is 5.94. The van der Waals surface area contributed by atoms with E-state index in [2.05, 4.69) is 59.5 Å². The van der Waals surface area contributed by atoms with Crippen LogP contribution in [0, 0.1) is 0 Å². The van der Waals surface area contributed by atoms with Gasteiger partial charge in [0.2, 0.25) is 5.95 Å². The Morgan fingerprint density at radius 1 is 1.00 bits per heavy atom. The molecule has 1 unspecified atom stereocenters. The molecule has 0 amide bonds. The van der Waals surface area contributed by atoms with E-state index in [1.165, 1.54) is 74.5 Å². The maximum absolute atomic E-state index is 5.04. The molecule has 2 fully saturated rings. The van der Waals surface area contributed by atoms with Gasteiger partial charge in [-0.15, -0.1) is 0 Å². The quantitative estimate of drug-likeness (QED) is 0.354. The van der Waals surface area contributed by atoms with Gasteiger partial charge in [0.25, 0.3) is 0 Å². The van der Waals surface area contributed by atoms with Crippen molar-refractivity contribution in [2.75, 3.05) is 5.32 Å². The molecule has 0 spiro atoms. The third-order valence-electron chi connectivity index (χ3n) is 7.85.